The molecule has 1 aromatic heterocycles. The Kier molecular flexibility index (Phi) is 5.47. The van der Waals surface area contributed by atoms with Gasteiger partial charge in [-0.05, 0) is 30.3 Å². The summed E-state index contributed by atoms with van der Waals surface area (Å²) in [6.07, 6.45) is 0. The van der Waals surface area contributed by atoms with Gasteiger partial charge in [0, 0.05) is 27.6 Å². The van der Waals surface area contributed by atoms with E-state index >= 15 is 0 Å². The molecule has 0 aliphatic carbocycles. The number of nitrogens with two attached hydrogens (primary N) is 1. The van der Waals surface area contributed by atoms with Gasteiger partial charge in [0.15, 0.2) is 0 Å². The highest BCUT2D eigenvalue weighted by atomic mass is 35.5. The molecule has 9 heteroatoms. The van der Waals surface area contributed by atoms with Crippen LogP contribution in [0, 0.1) is 17.1 Å². The summed E-state index contributed by atoms with van der Waals surface area (Å²) in [6.45, 7) is 0. The number of nitriles is 1. The fourth-order valence-electron chi connectivity index (χ4n) is 3.95. The Hall–Kier alpha value is -4.61. The van der Waals surface area contributed by atoms with Crippen molar-refractivity contribution in [2.24, 2.45) is 5.73 Å². The predicted octanol–water partition coefficient (Wildman–Crippen LogP) is 5.02. The first kappa shape index (κ1) is 22.2. The zero-order valence-corrected chi connectivity index (χ0v) is 18.5. The third-order valence-corrected chi connectivity index (χ3v) is 5.88. The van der Waals surface area contributed by atoms with Crippen LogP contribution in [-0.4, -0.2) is 5.97 Å². The maximum absolute atomic E-state index is 14.7. The monoisotopic (exact) mass is 488 g/mol. The number of hydrogen-bond donors (Lipinski definition) is 1. The van der Waals surface area contributed by atoms with Gasteiger partial charge in [0.25, 0.3) is 0 Å². The Morgan fingerprint density at radius 1 is 1.11 bits per heavy atom. The molecule has 0 radical (unpaired) electrons. The van der Waals surface area contributed by atoms with Gasteiger partial charge in [-0.2, -0.15) is 5.26 Å². The average Bonchev–Trinajstić information content (AvgIpc) is 2.83. The molecule has 4 aromatic rings. The van der Waals surface area contributed by atoms with Crippen LogP contribution in [-0.2, 0) is 0 Å². The van der Waals surface area contributed by atoms with Gasteiger partial charge in [-0.1, -0.05) is 41.9 Å². The topological polar surface area (TPSA) is 116 Å². The summed E-state index contributed by atoms with van der Waals surface area (Å²) in [4.78, 5) is 25.0. The van der Waals surface area contributed by atoms with Crippen LogP contribution in [0.4, 0.5) is 4.39 Å². The summed E-state index contributed by atoms with van der Waals surface area (Å²) in [5, 5.41) is 10.3. The van der Waals surface area contributed by atoms with Gasteiger partial charge in [-0.3, -0.25) is 0 Å². The molecule has 172 valence electrons. The Bertz CT molecular complexity index is 1630. The summed E-state index contributed by atoms with van der Waals surface area (Å²) in [7, 11) is 0. The quantitative estimate of drug-likeness (QED) is 0.244. The fraction of sp³-hybridized carbons (Fsp3) is 0.0385. The van der Waals surface area contributed by atoms with Gasteiger partial charge in [0.05, 0.1) is 5.92 Å². The number of para-hydroxylation sites is 1. The molecular weight excluding hydrogens is 475 g/mol. The highest BCUT2D eigenvalue weighted by Crippen LogP contribution is 2.46. The number of ether oxygens (including phenoxy) is 2. The number of halogens is 2. The second kappa shape index (κ2) is 8.63. The smallest absolute Gasteiger partial charge is 0.351 e. The lowest BCUT2D eigenvalue weighted by Gasteiger charge is -2.27. The summed E-state index contributed by atoms with van der Waals surface area (Å²) in [6, 6.07) is 18.6. The van der Waals surface area contributed by atoms with E-state index in [9.17, 15) is 19.2 Å². The van der Waals surface area contributed by atoms with Crippen molar-refractivity contribution >= 4 is 28.5 Å². The lowest BCUT2D eigenvalue weighted by molar-refractivity contribution is 0.0730. The highest BCUT2D eigenvalue weighted by Gasteiger charge is 2.34. The van der Waals surface area contributed by atoms with Gasteiger partial charge < -0.3 is 19.6 Å². The Morgan fingerprint density at radius 3 is 2.69 bits per heavy atom. The predicted molar refractivity (Wildman–Crippen MR) is 125 cm³/mol. The van der Waals surface area contributed by atoms with Gasteiger partial charge in [-0.15, -0.1) is 0 Å². The van der Waals surface area contributed by atoms with Crippen molar-refractivity contribution in [1.29, 1.82) is 5.26 Å². The minimum Gasteiger partial charge on any atom is -0.440 e. The van der Waals surface area contributed by atoms with Crippen molar-refractivity contribution in [2.75, 3.05) is 0 Å². The number of esters is 1. The van der Waals surface area contributed by atoms with E-state index in [0.717, 1.165) is 0 Å². The molecular formula is C26H14ClFN2O5. The summed E-state index contributed by atoms with van der Waals surface area (Å²) in [5.74, 6) is -2.54. The normalized spacial score (nSPS) is 14.7. The highest BCUT2D eigenvalue weighted by molar-refractivity contribution is 6.31. The summed E-state index contributed by atoms with van der Waals surface area (Å²) < 4.78 is 30.9. The van der Waals surface area contributed by atoms with Gasteiger partial charge in [-0.25, -0.2) is 14.0 Å². The van der Waals surface area contributed by atoms with Crippen molar-refractivity contribution in [3.63, 3.8) is 0 Å². The molecule has 0 spiro atoms. The lowest BCUT2D eigenvalue weighted by Crippen LogP contribution is -2.22. The first-order valence-corrected chi connectivity index (χ1v) is 10.7. The molecule has 0 saturated carbocycles. The van der Waals surface area contributed by atoms with Crippen LogP contribution in [0.25, 0.3) is 11.0 Å². The van der Waals surface area contributed by atoms with Gasteiger partial charge in [0.1, 0.15) is 40.1 Å². The maximum Gasteiger partial charge on any atom is 0.351 e. The Morgan fingerprint density at radius 2 is 1.91 bits per heavy atom. The van der Waals surface area contributed by atoms with Crippen molar-refractivity contribution < 1.29 is 23.1 Å². The molecule has 0 bridgehead atoms. The van der Waals surface area contributed by atoms with Crippen molar-refractivity contribution in [3.8, 4) is 17.6 Å². The van der Waals surface area contributed by atoms with Crippen LogP contribution in [0.15, 0.2) is 87.4 Å². The van der Waals surface area contributed by atoms with Crippen LogP contribution < -0.4 is 20.8 Å². The molecule has 3 aromatic carbocycles. The summed E-state index contributed by atoms with van der Waals surface area (Å²) >= 11 is 6.26. The minimum atomic E-state index is -0.935. The van der Waals surface area contributed by atoms with E-state index in [0.29, 0.717) is 16.5 Å². The first-order chi connectivity index (χ1) is 16.9. The van der Waals surface area contributed by atoms with Crippen molar-refractivity contribution in [3.05, 3.63) is 116 Å². The van der Waals surface area contributed by atoms with E-state index in [4.69, 9.17) is 31.2 Å². The number of nitrogens with zero attached hydrogens (tertiary/aromatic N) is 1. The molecule has 1 atom stereocenters. The van der Waals surface area contributed by atoms with E-state index in [2.05, 4.69) is 0 Å². The lowest BCUT2D eigenvalue weighted by atomic mass is 9.83. The SMILES string of the molecule is N#CC1=C(N)Oc2cc(OC(=O)c3cc4ccccc4oc3=O)ccc2C1c1c(F)cccc1Cl. The Labute approximate surface area is 202 Å². The number of benzene rings is 3. The molecule has 0 amide bonds. The standard InChI is InChI=1S/C26H14ClFN2O5/c27-18-5-3-6-19(28)23(18)22-15-9-8-14(11-21(15)34-24(30)17(22)12-29)33-25(31)16-10-13-4-1-2-7-20(13)35-26(16)32/h1-11,22H,30H2. The Balaban J connectivity index is 1.53. The molecule has 1 unspecified atom stereocenters. The largest absolute Gasteiger partial charge is 0.440 e. The van der Waals surface area contributed by atoms with Crippen LogP contribution in [0.1, 0.15) is 27.4 Å². The molecule has 1 aliphatic heterocycles. The number of allylic oxidation sites excluding steroid dienone is 1. The maximum atomic E-state index is 14.7. The van der Waals surface area contributed by atoms with E-state index in [1.54, 1.807) is 24.3 Å². The van der Waals surface area contributed by atoms with E-state index in [1.165, 1.54) is 42.5 Å². The molecule has 5 rings (SSSR count). The summed E-state index contributed by atoms with van der Waals surface area (Å²) in [5.41, 5.74) is 5.61. The van der Waals surface area contributed by atoms with Gasteiger partial charge >= 0.3 is 11.6 Å². The molecule has 7 nitrogen and oxygen atoms in total. The second-order valence-corrected chi connectivity index (χ2v) is 8.04. The number of rotatable bonds is 3. The van der Waals surface area contributed by atoms with Crippen LogP contribution in [0.3, 0.4) is 0 Å². The zero-order valence-electron chi connectivity index (χ0n) is 17.7. The second-order valence-electron chi connectivity index (χ2n) is 7.63. The zero-order chi connectivity index (χ0) is 24.7. The minimum absolute atomic E-state index is 0.0111. The molecule has 1 aliphatic rings. The van der Waals surface area contributed by atoms with Gasteiger partial charge in [0.2, 0.25) is 5.88 Å². The van der Waals surface area contributed by atoms with Crippen LogP contribution in [0.5, 0.6) is 11.5 Å². The molecule has 2 heterocycles. The number of fused-ring (bicyclic) bond motifs is 2. The van der Waals surface area contributed by atoms with Crippen molar-refractivity contribution in [1.82, 2.24) is 0 Å². The number of carbonyl (C=O) groups is 1. The molecule has 2 N–H and O–H groups in total. The van der Waals surface area contributed by atoms with Crippen LogP contribution >= 0.6 is 11.6 Å². The molecule has 0 saturated heterocycles. The third kappa shape index (κ3) is 3.88. The van der Waals surface area contributed by atoms with Crippen LogP contribution in [0.2, 0.25) is 5.02 Å². The average molecular weight is 489 g/mol. The number of carbonyl (C=O) groups excluding carboxylic acids is 1. The third-order valence-electron chi connectivity index (χ3n) is 5.55. The number of hydrogen-bond acceptors (Lipinski definition) is 7. The molecule has 0 fully saturated rings. The van der Waals surface area contributed by atoms with E-state index in [-0.39, 0.29) is 39.1 Å². The fourth-order valence-corrected chi connectivity index (χ4v) is 4.22. The van der Waals surface area contributed by atoms with E-state index < -0.39 is 23.3 Å². The molecule has 35 heavy (non-hydrogen) atoms. The van der Waals surface area contributed by atoms with Crippen molar-refractivity contribution in [2.45, 2.75) is 5.92 Å². The van der Waals surface area contributed by atoms with E-state index in [1.807, 2.05) is 6.07 Å². The first-order valence-electron chi connectivity index (χ1n) is 10.3.